The smallest absolute Gasteiger partial charge is 0.119 e. The minimum atomic E-state index is -0.403. The van der Waals surface area contributed by atoms with Crippen LogP contribution >= 0.6 is 0 Å². The van der Waals surface area contributed by atoms with Crippen molar-refractivity contribution in [2.45, 2.75) is 26.9 Å². The van der Waals surface area contributed by atoms with Crippen molar-refractivity contribution in [3.05, 3.63) is 41.7 Å². The Balaban J connectivity index is 1.94. The summed E-state index contributed by atoms with van der Waals surface area (Å²) in [5.74, 6) is 0.878. The summed E-state index contributed by atoms with van der Waals surface area (Å²) in [7, 11) is 0. The third-order valence-corrected chi connectivity index (χ3v) is 2.98. The molecule has 20 heavy (non-hydrogen) atoms. The molecule has 5 heteroatoms. The van der Waals surface area contributed by atoms with Crippen molar-refractivity contribution in [1.82, 2.24) is 9.78 Å². The van der Waals surface area contributed by atoms with Crippen LogP contribution in [0.25, 0.3) is 0 Å². The zero-order valence-corrected chi connectivity index (χ0v) is 11.9. The summed E-state index contributed by atoms with van der Waals surface area (Å²) in [4.78, 5) is 0. The molecule has 0 atom stereocenters. The molecule has 0 unspecified atom stereocenters. The Morgan fingerprint density at radius 1 is 1.30 bits per heavy atom. The lowest BCUT2D eigenvalue weighted by Gasteiger charge is -2.07. The number of hydrogen-bond donors (Lipinski definition) is 1. The Bertz CT molecular complexity index is 537. The Kier molecular flexibility index (Phi) is 4.98. The van der Waals surface area contributed by atoms with Crippen LogP contribution < -0.4 is 10.1 Å². The summed E-state index contributed by atoms with van der Waals surface area (Å²) in [6.45, 7) is 5.15. The standard InChI is InChI=1S/C15H20FN3O/c1-3-20-14-6-4-13(5-7-14)10-17-15-11-19(9-8-16)18-12(15)2/h4-7,11,17H,3,8-10H2,1-2H3. The van der Waals surface area contributed by atoms with Crippen molar-refractivity contribution in [1.29, 1.82) is 0 Å². The van der Waals surface area contributed by atoms with Crippen LogP contribution in [0, 0.1) is 6.92 Å². The van der Waals surface area contributed by atoms with E-state index >= 15 is 0 Å². The third-order valence-electron chi connectivity index (χ3n) is 2.98. The van der Waals surface area contributed by atoms with Crippen molar-refractivity contribution in [3.63, 3.8) is 0 Å². The molecule has 1 aromatic carbocycles. The maximum Gasteiger partial charge on any atom is 0.119 e. The minimum absolute atomic E-state index is 0.297. The molecule has 0 aliphatic heterocycles. The van der Waals surface area contributed by atoms with Gasteiger partial charge in [-0.15, -0.1) is 0 Å². The van der Waals surface area contributed by atoms with Crippen molar-refractivity contribution >= 4 is 5.69 Å². The number of hydrogen-bond acceptors (Lipinski definition) is 3. The van der Waals surface area contributed by atoms with Gasteiger partial charge in [-0.2, -0.15) is 5.10 Å². The van der Waals surface area contributed by atoms with Gasteiger partial charge in [-0.1, -0.05) is 12.1 Å². The van der Waals surface area contributed by atoms with Gasteiger partial charge < -0.3 is 10.1 Å². The summed E-state index contributed by atoms with van der Waals surface area (Å²) >= 11 is 0. The van der Waals surface area contributed by atoms with Crippen LogP contribution in [0.3, 0.4) is 0 Å². The van der Waals surface area contributed by atoms with Gasteiger partial charge in [-0.3, -0.25) is 4.68 Å². The molecule has 0 aliphatic carbocycles. The molecule has 0 fully saturated rings. The average molecular weight is 277 g/mol. The first kappa shape index (κ1) is 14.4. The maximum absolute atomic E-state index is 12.3. The van der Waals surface area contributed by atoms with E-state index in [9.17, 15) is 4.39 Å². The van der Waals surface area contributed by atoms with Crippen LogP contribution in [0.15, 0.2) is 30.5 Å². The fourth-order valence-corrected chi connectivity index (χ4v) is 1.96. The number of nitrogens with zero attached hydrogens (tertiary/aromatic N) is 2. The third kappa shape index (κ3) is 3.73. The molecule has 1 N–H and O–H groups in total. The second kappa shape index (κ2) is 6.93. The summed E-state index contributed by atoms with van der Waals surface area (Å²) < 4.78 is 19.3. The quantitative estimate of drug-likeness (QED) is 0.845. The van der Waals surface area contributed by atoms with Gasteiger partial charge in [-0.25, -0.2) is 4.39 Å². The van der Waals surface area contributed by atoms with Gasteiger partial charge in [0.1, 0.15) is 12.4 Å². The first-order chi connectivity index (χ1) is 9.72. The highest BCUT2D eigenvalue weighted by Crippen LogP contribution is 2.16. The zero-order chi connectivity index (χ0) is 14.4. The van der Waals surface area contributed by atoms with Gasteiger partial charge >= 0.3 is 0 Å². The van der Waals surface area contributed by atoms with Crippen molar-refractivity contribution in [2.75, 3.05) is 18.6 Å². The molecule has 4 nitrogen and oxygen atoms in total. The lowest BCUT2D eigenvalue weighted by atomic mass is 10.2. The monoisotopic (exact) mass is 277 g/mol. The fourth-order valence-electron chi connectivity index (χ4n) is 1.96. The van der Waals surface area contributed by atoms with Crippen LogP contribution in [-0.4, -0.2) is 23.1 Å². The predicted molar refractivity (Wildman–Crippen MR) is 77.9 cm³/mol. The van der Waals surface area contributed by atoms with E-state index in [-0.39, 0.29) is 0 Å². The lowest BCUT2D eigenvalue weighted by molar-refractivity contribution is 0.340. The SMILES string of the molecule is CCOc1ccc(CNc2cn(CCF)nc2C)cc1. The molecule has 0 aliphatic rings. The molecule has 2 aromatic rings. The van der Waals surface area contributed by atoms with E-state index in [0.717, 1.165) is 22.7 Å². The summed E-state index contributed by atoms with van der Waals surface area (Å²) in [6.07, 6.45) is 1.84. The van der Waals surface area contributed by atoms with Crippen LogP contribution in [0.2, 0.25) is 0 Å². The number of halogens is 1. The van der Waals surface area contributed by atoms with Crippen LogP contribution in [0.5, 0.6) is 5.75 Å². The Labute approximate surface area is 118 Å². The number of aromatic nitrogens is 2. The Morgan fingerprint density at radius 3 is 2.70 bits per heavy atom. The first-order valence-electron chi connectivity index (χ1n) is 6.78. The number of ether oxygens (including phenoxy) is 1. The lowest BCUT2D eigenvalue weighted by Crippen LogP contribution is -2.00. The number of aryl methyl sites for hydroxylation is 2. The van der Waals surface area contributed by atoms with Crippen molar-refractivity contribution in [2.24, 2.45) is 0 Å². The largest absolute Gasteiger partial charge is 0.494 e. The Morgan fingerprint density at radius 2 is 2.05 bits per heavy atom. The fraction of sp³-hybridized carbons (Fsp3) is 0.400. The molecule has 0 saturated carbocycles. The molecule has 1 heterocycles. The van der Waals surface area contributed by atoms with Crippen molar-refractivity contribution < 1.29 is 9.13 Å². The number of alkyl halides is 1. The average Bonchev–Trinajstić information content (AvgIpc) is 2.79. The molecular formula is C15H20FN3O. The molecule has 0 bridgehead atoms. The van der Waals surface area contributed by atoms with E-state index in [1.54, 1.807) is 4.68 Å². The van der Waals surface area contributed by atoms with E-state index in [1.165, 1.54) is 0 Å². The minimum Gasteiger partial charge on any atom is -0.494 e. The molecule has 108 valence electrons. The second-order valence-electron chi connectivity index (χ2n) is 4.51. The number of benzene rings is 1. The molecule has 0 amide bonds. The molecule has 1 aromatic heterocycles. The van der Waals surface area contributed by atoms with E-state index in [0.29, 0.717) is 19.7 Å². The van der Waals surface area contributed by atoms with Gasteiger partial charge in [0.25, 0.3) is 0 Å². The van der Waals surface area contributed by atoms with E-state index < -0.39 is 6.67 Å². The van der Waals surface area contributed by atoms with E-state index in [1.807, 2.05) is 44.3 Å². The molecule has 0 spiro atoms. The van der Waals surface area contributed by atoms with Gasteiger partial charge in [0.15, 0.2) is 0 Å². The second-order valence-corrected chi connectivity index (χ2v) is 4.51. The highest BCUT2D eigenvalue weighted by Gasteiger charge is 2.04. The van der Waals surface area contributed by atoms with E-state index in [4.69, 9.17) is 4.74 Å². The molecular weight excluding hydrogens is 257 g/mol. The van der Waals surface area contributed by atoms with Gasteiger partial charge in [0.05, 0.1) is 24.5 Å². The first-order valence-corrected chi connectivity index (χ1v) is 6.78. The summed E-state index contributed by atoms with van der Waals surface area (Å²) in [6, 6.07) is 7.97. The molecule has 0 radical (unpaired) electrons. The topological polar surface area (TPSA) is 39.1 Å². The molecule has 0 saturated heterocycles. The van der Waals surface area contributed by atoms with Gasteiger partial charge in [-0.05, 0) is 31.5 Å². The van der Waals surface area contributed by atoms with E-state index in [2.05, 4.69) is 10.4 Å². The normalized spacial score (nSPS) is 10.6. The predicted octanol–water partition coefficient (Wildman–Crippen LogP) is 3.17. The highest BCUT2D eigenvalue weighted by atomic mass is 19.1. The number of anilines is 1. The summed E-state index contributed by atoms with van der Waals surface area (Å²) in [5, 5.41) is 7.56. The zero-order valence-electron chi connectivity index (χ0n) is 11.9. The van der Waals surface area contributed by atoms with Crippen LogP contribution in [0.4, 0.5) is 10.1 Å². The van der Waals surface area contributed by atoms with Crippen LogP contribution in [-0.2, 0) is 13.1 Å². The van der Waals surface area contributed by atoms with Gasteiger partial charge in [0, 0.05) is 12.7 Å². The highest BCUT2D eigenvalue weighted by molar-refractivity contribution is 5.46. The summed E-state index contributed by atoms with van der Waals surface area (Å²) in [5.41, 5.74) is 2.97. The molecule has 2 rings (SSSR count). The van der Waals surface area contributed by atoms with Crippen molar-refractivity contribution in [3.8, 4) is 5.75 Å². The Hall–Kier alpha value is -2.04. The number of rotatable bonds is 7. The number of nitrogens with one attached hydrogen (secondary N) is 1. The van der Waals surface area contributed by atoms with Crippen LogP contribution in [0.1, 0.15) is 18.2 Å². The maximum atomic E-state index is 12.3. The van der Waals surface area contributed by atoms with Gasteiger partial charge in [0.2, 0.25) is 0 Å².